The molecule has 5 heteroatoms. The lowest BCUT2D eigenvalue weighted by molar-refractivity contribution is 0.349. The first-order chi connectivity index (χ1) is 8.21. The molecule has 0 aromatic heterocycles. The zero-order chi connectivity index (χ0) is 13.9. The van der Waals surface area contributed by atoms with E-state index in [1.807, 2.05) is 32.9 Å². The van der Waals surface area contributed by atoms with Crippen LogP contribution in [-0.4, -0.2) is 15.0 Å². The second kappa shape index (κ2) is 5.54. The summed E-state index contributed by atoms with van der Waals surface area (Å²) in [5.74, 6) is 0.334. The Bertz CT molecular complexity index is 570. The van der Waals surface area contributed by atoms with E-state index in [-0.39, 0.29) is 4.90 Å². The van der Waals surface area contributed by atoms with Crippen molar-refractivity contribution in [1.29, 1.82) is 0 Å². The highest BCUT2D eigenvalue weighted by Gasteiger charge is 2.17. The third kappa shape index (κ3) is 3.85. The molecule has 4 nitrogen and oxygen atoms in total. The van der Waals surface area contributed by atoms with E-state index in [0.717, 1.165) is 16.7 Å². The first-order valence-corrected chi connectivity index (χ1v) is 7.16. The van der Waals surface area contributed by atoms with Gasteiger partial charge in [-0.15, -0.1) is 0 Å². The van der Waals surface area contributed by atoms with Gasteiger partial charge in [-0.25, -0.2) is 13.6 Å². The van der Waals surface area contributed by atoms with Crippen LogP contribution < -0.4 is 9.88 Å². The molecule has 1 aromatic carbocycles. The molecule has 0 saturated carbocycles. The van der Waals surface area contributed by atoms with Crippen LogP contribution in [0.15, 0.2) is 28.7 Å². The first-order valence-electron chi connectivity index (χ1n) is 5.62. The summed E-state index contributed by atoms with van der Waals surface area (Å²) >= 11 is 0. The zero-order valence-electron chi connectivity index (χ0n) is 11.1. The molecule has 0 radical (unpaired) electrons. The molecule has 0 atom stereocenters. The van der Waals surface area contributed by atoms with Crippen LogP contribution >= 0.6 is 0 Å². The van der Waals surface area contributed by atoms with E-state index in [9.17, 15) is 8.42 Å². The molecule has 1 rings (SSSR count). The molecule has 0 saturated heterocycles. The molecule has 0 amide bonds. The van der Waals surface area contributed by atoms with Gasteiger partial charge in [-0.05, 0) is 51.0 Å². The van der Waals surface area contributed by atoms with Crippen LogP contribution in [0, 0.1) is 13.8 Å². The summed E-state index contributed by atoms with van der Waals surface area (Å²) in [7, 11) is -3.77. The molecular weight excluding hydrogens is 250 g/mol. The van der Waals surface area contributed by atoms with E-state index in [2.05, 4.69) is 0 Å². The standard InChI is InChI=1S/C13H19NO3S/c1-9(2)5-6-17-13-11(4)7-10(3)8-12(13)18(14,15)16/h5,7-8H,6H2,1-4H3,(H2,14,15,16). The van der Waals surface area contributed by atoms with E-state index >= 15 is 0 Å². The van der Waals surface area contributed by atoms with Gasteiger partial charge in [0.2, 0.25) is 10.0 Å². The summed E-state index contributed by atoms with van der Waals surface area (Å²) in [6.45, 7) is 7.85. The van der Waals surface area contributed by atoms with Crippen LogP contribution in [0.1, 0.15) is 25.0 Å². The van der Waals surface area contributed by atoms with E-state index in [1.54, 1.807) is 6.92 Å². The summed E-state index contributed by atoms with van der Waals surface area (Å²) in [6, 6.07) is 3.40. The number of rotatable bonds is 4. The first kappa shape index (κ1) is 14.7. The Morgan fingerprint density at radius 3 is 2.44 bits per heavy atom. The van der Waals surface area contributed by atoms with Gasteiger partial charge in [0.05, 0.1) is 0 Å². The monoisotopic (exact) mass is 269 g/mol. The number of primary sulfonamides is 1. The number of allylic oxidation sites excluding steroid dienone is 1. The lowest BCUT2D eigenvalue weighted by Crippen LogP contribution is -2.15. The maximum absolute atomic E-state index is 11.5. The van der Waals surface area contributed by atoms with Crippen molar-refractivity contribution >= 4 is 10.0 Å². The Morgan fingerprint density at radius 1 is 1.33 bits per heavy atom. The lowest BCUT2D eigenvalue weighted by atomic mass is 10.1. The van der Waals surface area contributed by atoms with Gasteiger partial charge in [0.25, 0.3) is 0 Å². The number of ether oxygens (including phenoxy) is 1. The van der Waals surface area contributed by atoms with Crippen molar-refractivity contribution < 1.29 is 13.2 Å². The van der Waals surface area contributed by atoms with E-state index < -0.39 is 10.0 Å². The van der Waals surface area contributed by atoms with Crippen molar-refractivity contribution in [3.63, 3.8) is 0 Å². The highest BCUT2D eigenvalue weighted by molar-refractivity contribution is 7.89. The minimum atomic E-state index is -3.77. The average Bonchev–Trinajstić information content (AvgIpc) is 2.18. The fourth-order valence-electron chi connectivity index (χ4n) is 1.60. The lowest BCUT2D eigenvalue weighted by Gasteiger charge is -2.13. The molecule has 1 aromatic rings. The number of hydrogen-bond acceptors (Lipinski definition) is 3. The van der Waals surface area contributed by atoms with Gasteiger partial charge in [0.1, 0.15) is 17.3 Å². The Balaban J connectivity index is 3.21. The van der Waals surface area contributed by atoms with Crippen molar-refractivity contribution in [1.82, 2.24) is 0 Å². The number of aryl methyl sites for hydroxylation is 2. The molecule has 18 heavy (non-hydrogen) atoms. The van der Waals surface area contributed by atoms with Crippen molar-refractivity contribution in [2.45, 2.75) is 32.6 Å². The second-order valence-electron chi connectivity index (χ2n) is 4.55. The molecule has 0 aliphatic carbocycles. The average molecular weight is 269 g/mol. The Kier molecular flexibility index (Phi) is 4.53. The molecule has 100 valence electrons. The highest BCUT2D eigenvalue weighted by atomic mass is 32.2. The summed E-state index contributed by atoms with van der Waals surface area (Å²) in [5.41, 5.74) is 2.71. The van der Waals surface area contributed by atoms with Crippen LogP contribution in [0.2, 0.25) is 0 Å². The van der Waals surface area contributed by atoms with Crippen LogP contribution in [-0.2, 0) is 10.0 Å². The third-order valence-corrected chi connectivity index (χ3v) is 3.33. The van der Waals surface area contributed by atoms with Gasteiger partial charge in [0, 0.05) is 0 Å². The summed E-state index contributed by atoms with van der Waals surface area (Å²) in [5, 5.41) is 5.20. The van der Waals surface area contributed by atoms with Gasteiger partial charge in [-0.2, -0.15) is 0 Å². The van der Waals surface area contributed by atoms with Crippen LogP contribution in [0.4, 0.5) is 0 Å². The van der Waals surface area contributed by atoms with Gasteiger partial charge < -0.3 is 4.74 Å². The maximum Gasteiger partial charge on any atom is 0.241 e. The third-order valence-electron chi connectivity index (χ3n) is 2.41. The van der Waals surface area contributed by atoms with Crippen LogP contribution in [0.25, 0.3) is 0 Å². The minimum absolute atomic E-state index is 0.0437. The van der Waals surface area contributed by atoms with E-state index in [0.29, 0.717) is 12.4 Å². The Labute approximate surface area is 109 Å². The predicted octanol–water partition coefficient (Wildman–Crippen LogP) is 2.30. The molecule has 0 aliphatic rings. The zero-order valence-corrected chi connectivity index (χ0v) is 12.0. The normalized spacial score (nSPS) is 11.2. The Hall–Kier alpha value is -1.33. The number of nitrogens with two attached hydrogens (primary N) is 1. The van der Waals surface area contributed by atoms with Crippen molar-refractivity contribution in [3.05, 3.63) is 34.9 Å². The molecule has 0 bridgehead atoms. The van der Waals surface area contributed by atoms with Crippen molar-refractivity contribution in [3.8, 4) is 5.75 Å². The molecular formula is C13H19NO3S. The van der Waals surface area contributed by atoms with E-state index in [4.69, 9.17) is 9.88 Å². The van der Waals surface area contributed by atoms with Gasteiger partial charge in [-0.3, -0.25) is 0 Å². The summed E-state index contributed by atoms with van der Waals surface area (Å²) < 4.78 is 28.6. The number of benzene rings is 1. The Morgan fingerprint density at radius 2 is 1.94 bits per heavy atom. The van der Waals surface area contributed by atoms with Gasteiger partial charge >= 0.3 is 0 Å². The highest BCUT2D eigenvalue weighted by Crippen LogP contribution is 2.28. The largest absolute Gasteiger partial charge is 0.488 e. The summed E-state index contributed by atoms with van der Waals surface area (Å²) in [4.78, 5) is 0.0437. The van der Waals surface area contributed by atoms with Gasteiger partial charge in [-0.1, -0.05) is 11.6 Å². The quantitative estimate of drug-likeness (QED) is 0.853. The molecule has 0 unspecified atom stereocenters. The fourth-order valence-corrected chi connectivity index (χ4v) is 2.43. The molecule has 2 N–H and O–H groups in total. The summed E-state index contributed by atoms with van der Waals surface area (Å²) in [6.07, 6.45) is 1.88. The van der Waals surface area contributed by atoms with Crippen molar-refractivity contribution in [2.75, 3.05) is 6.61 Å². The second-order valence-corrected chi connectivity index (χ2v) is 6.08. The maximum atomic E-state index is 11.5. The topological polar surface area (TPSA) is 69.4 Å². The van der Waals surface area contributed by atoms with Crippen molar-refractivity contribution in [2.24, 2.45) is 5.14 Å². The smallest absolute Gasteiger partial charge is 0.241 e. The SMILES string of the molecule is CC(C)=CCOc1c(C)cc(C)cc1S(N)(=O)=O. The van der Waals surface area contributed by atoms with E-state index in [1.165, 1.54) is 6.07 Å². The van der Waals surface area contributed by atoms with Crippen LogP contribution in [0.5, 0.6) is 5.75 Å². The number of sulfonamides is 1. The molecule has 0 aliphatic heterocycles. The fraction of sp³-hybridized carbons (Fsp3) is 0.385. The molecule has 0 fully saturated rings. The minimum Gasteiger partial charge on any atom is -0.488 e. The molecule has 0 spiro atoms. The number of hydrogen-bond donors (Lipinski definition) is 1. The van der Waals surface area contributed by atoms with Gasteiger partial charge in [0.15, 0.2) is 0 Å². The van der Waals surface area contributed by atoms with Crippen LogP contribution in [0.3, 0.4) is 0 Å². The molecule has 0 heterocycles. The predicted molar refractivity (Wildman–Crippen MR) is 72.2 cm³/mol.